The zero-order valence-corrected chi connectivity index (χ0v) is 17.5. The summed E-state index contributed by atoms with van der Waals surface area (Å²) < 4.78 is 32.8. The summed E-state index contributed by atoms with van der Waals surface area (Å²) in [5, 5.41) is 2.68. The molecule has 2 heterocycles. The maximum absolute atomic E-state index is 13.1. The average molecular weight is 407 g/mol. The molecule has 3 rings (SSSR count). The van der Waals surface area contributed by atoms with E-state index in [4.69, 9.17) is 4.74 Å². The molecule has 0 atom stereocenters. The number of aryl methyl sites for hydroxylation is 1. The number of hydrogen-bond donors (Lipinski definition) is 1. The van der Waals surface area contributed by atoms with Crippen LogP contribution in [0.25, 0.3) is 0 Å². The highest BCUT2D eigenvalue weighted by atomic mass is 32.2. The molecule has 0 bridgehead atoms. The van der Waals surface area contributed by atoms with Crippen LogP contribution < -0.4 is 5.56 Å². The van der Waals surface area contributed by atoms with Crippen molar-refractivity contribution in [3.8, 4) is 0 Å². The Morgan fingerprint density at radius 2 is 2.00 bits per heavy atom. The van der Waals surface area contributed by atoms with E-state index in [1.807, 2.05) is 20.8 Å². The summed E-state index contributed by atoms with van der Waals surface area (Å²) in [6.45, 7) is 6.42. The summed E-state index contributed by atoms with van der Waals surface area (Å²) in [5.74, 6) is -0.476. The number of ether oxygens (including phenoxy) is 1. The summed E-state index contributed by atoms with van der Waals surface area (Å²) in [6, 6.07) is 3.33. The van der Waals surface area contributed by atoms with Gasteiger partial charge in [-0.2, -0.15) is 0 Å². The van der Waals surface area contributed by atoms with Crippen LogP contribution in [-0.2, 0) is 33.6 Å². The molecule has 28 heavy (non-hydrogen) atoms. The summed E-state index contributed by atoms with van der Waals surface area (Å²) in [7, 11) is -2.03. The number of nitrogens with one attached hydrogen (secondary N) is 1. The molecule has 1 aromatic carbocycles. The van der Waals surface area contributed by atoms with Crippen molar-refractivity contribution in [1.29, 1.82) is 0 Å². The number of sulfone groups is 1. The summed E-state index contributed by atoms with van der Waals surface area (Å²) >= 11 is 0. The fourth-order valence-corrected chi connectivity index (χ4v) is 5.79. The van der Waals surface area contributed by atoms with Gasteiger partial charge in [0.15, 0.2) is 9.84 Å². The highest BCUT2D eigenvalue weighted by molar-refractivity contribution is 7.91. The summed E-state index contributed by atoms with van der Waals surface area (Å²) in [6.07, 6.45) is 2.64. The molecule has 0 saturated carbocycles. The Labute approximate surface area is 164 Å². The third kappa shape index (κ3) is 3.46. The molecule has 1 N–H and O–H groups in total. The van der Waals surface area contributed by atoms with Crippen molar-refractivity contribution in [2.24, 2.45) is 7.05 Å². The van der Waals surface area contributed by atoms with Crippen LogP contribution in [0.1, 0.15) is 60.7 Å². The number of hydrogen-bond acceptors (Lipinski definition) is 5. The minimum absolute atomic E-state index is 0.0120. The van der Waals surface area contributed by atoms with Crippen LogP contribution in [0.4, 0.5) is 0 Å². The van der Waals surface area contributed by atoms with Gasteiger partial charge in [-0.05, 0) is 23.8 Å². The zero-order valence-electron chi connectivity index (χ0n) is 16.7. The van der Waals surface area contributed by atoms with Crippen LogP contribution in [0.5, 0.6) is 0 Å². The van der Waals surface area contributed by atoms with Gasteiger partial charge in [0.2, 0.25) is 5.78 Å². The van der Waals surface area contributed by atoms with E-state index in [0.29, 0.717) is 24.2 Å². The predicted octanol–water partition coefficient (Wildman–Crippen LogP) is 2.33. The number of aromatic nitrogens is 2. The van der Waals surface area contributed by atoms with E-state index in [9.17, 15) is 18.0 Å². The number of ketones is 1. The molecule has 0 spiro atoms. The van der Waals surface area contributed by atoms with Gasteiger partial charge < -0.3 is 9.84 Å². The second kappa shape index (κ2) is 7.33. The number of carbonyl (C=O) groups is 1. The molecule has 0 aliphatic carbocycles. The number of benzene rings is 1. The number of nitrogens with zero attached hydrogens (tertiary/aromatic N) is 1. The van der Waals surface area contributed by atoms with E-state index in [-0.39, 0.29) is 33.8 Å². The first kappa shape index (κ1) is 20.5. The minimum Gasteiger partial charge on any atom is -0.377 e. The second-order valence-electron chi connectivity index (χ2n) is 7.85. The van der Waals surface area contributed by atoms with E-state index < -0.39 is 21.2 Å². The van der Waals surface area contributed by atoms with Crippen molar-refractivity contribution < 1.29 is 17.9 Å². The van der Waals surface area contributed by atoms with Gasteiger partial charge in [0.1, 0.15) is 5.56 Å². The van der Waals surface area contributed by atoms with E-state index >= 15 is 0 Å². The Morgan fingerprint density at radius 1 is 1.29 bits per heavy atom. The molecular weight excluding hydrogens is 380 g/mol. The molecule has 1 aliphatic rings. The Hall–Kier alpha value is -2.19. The van der Waals surface area contributed by atoms with Gasteiger partial charge >= 0.3 is 0 Å². The lowest BCUT2D eigenvalue weighted by molar-refractivity contribution is 0.101. The van der Waals surface area contributed by atoms with Crippen molar-refractivity contribution in [3.05, 3.63) is 50.9 Å². The number of carbonyl (C=O) groups excluding carboxylic acids is 1. The maximum atomic E-state index is 13.1. The van der Waals surface area contributed by atoms with Crippen LogP contribution in [0, 0.1) is 0 Å². The molecule has 8 heteroatoms. The van der Waals surface area contributed by atoms with Crippen LogP contribution in [-0.4, -0.2) is 36.3 Å². The molecule has 0 saturated heterocycles. The van der Waals surface area contributed by atoms with Crippen LogP contribution in [0.15, 0.2) is 28.0 Å². The lowest BCUT2D eigenvalue weighted by Gasteiger charge is -2.34. The first-order chi connectivity index (χ1) is 13.1. The third-order valence-corrected chi connectivity index (χ3v) is 7.15. The predicted molar refractivity (Wildman–Crippen MR) is 106 cm³/mol. The highest BCUT2D eigenvalue weighted by Crippen LogP contribution is 2.41. The normalized spacial score (nSPS) is 17.3. The third-order valence-electron chi connectivity index (χ3n) is 5.32. The largest absolute Gasteiger partial charge is 0.377 e. The van der Waals surface area contributed by atoms with Crippen molar-refractivity contribution >= 4 is 15.6 Å². The fraction of sp³-hybridized carbons (Fsp3) is 0.500. The molecule has 7 nitrogen and oxygen atoms in total. The smallest absolute Gasteiger partial charge is 0.277 e. The molecule has 1 aromatic heterocycles. The van der Waals surface area contributed by atoms with Crippen molar-refractivity contribution in [1.82, 2.24) is 9.78 Å². The number of aromatic amines is 1. The minimum atomic E-state index is -3.55. The molecule has 1 aliphatic heterocycles. The average Bonchev–Trinajstić information content (AvgIpc) is 2.97. The Kier molecular flexibility index (Phi) is 5.38. The van der Waals surface area contributed by atoms with Crippen molar-refractivity contribution in [2.45, 2.75) is 50.5 Å². The highest BCUT2D eigenvalue weighted by Gasteiger charge is 2.39. The van der Waals surface area contributed by atoms with Gasteiger partial charge in [-0.15, -0.1) is 0 Å². The van der Waals surface area contributed by atoms with E-state index in [1.54, 1.807) is 12.1 Å². The monoisotopic (exact) mass is 406 g/mol. The fourth-order valence-electron chi connectivity index (χ4n) is 3.59. The van der Waals surface area contributed by atoms with Gasteiger partial charge in [0, 0.05) is 31.0 Å². The molecule has 0 amide bonds. The zero-order chi connectivity index (χ0) is 20.7. The van der Waals surface area contributed by atoms with Crippen LogP contribution >= 0.6 is 0 Å². The Balaban J connectivity index is 2.25. The number of fused-ring (bicyclic) bond motifs is 1. The SMILES string of the molecule is CCCOCc1c(C(=O)c2c[nH]n(C)c2=O)ccc2c1S(=O)(=O)CCC2(C)C. The Morgan fingerprint density at radius 3 is 2.61 bits per heavy atom. The standard InChI is InChI=1S/C20H26N2O5S/c1-5-9-27-12-15-13(17(23)14-11-21-22(4)19(14)24)6-7-16-18(15)28(25,26)10-8-20(16,2)3/h6-7,11,21H,5,8-10,12H2,1-4H3. The van der Waals surface area contributed by atoms with Crippen LogP contribution in [0.2, 0.25) is 0 Å². The lowest BCUT2D eigenvalue weighted by atomic mass is 9.80. The summed E-state index contributed by atoms with van der Waals surface area (Å²) in [5.41, 5.74) is 0.455. The Bertz CT molecular complexity index is 1080. The quantitative estimate of drug-likeness (QED) is 0.586. The number of rotatable bonds is 6. The van der Waals surface area contributed by atoms with Gasteiger partial charge in [-0.1, -0.05) is 32.9 Å². The first-order valence-electron chi connectivity index (χ1n) is 9.36. The van der Waals surface area contributed by atoms with Crippen LogP contribution in [0.3, 0.4) is 0 Å². The van der Waals surface area contributed by atoms with Gasteiger partial charge in [0.05, 0.1) is 17.3 Å². The second-order valence-corrected chi connectivity index (χ2v) is 9.90. The molecule has 152 valence electrons. The topological polar surface area (TPSA) is 98.2 Å². The van der Waals surface area contributed by atoms with Gasteiger partial charge in [0.25, 0.3) is 5.56 Å². The van der Waals surface area contributed by atoms with Gasteiger partial charge in [-0.3, -0.25) is 14.3 Å². The maximum Gasteiger partial charge on any atom is 0.277 e. The molecule has 0 unspecified atom stereocenters. The number of H-pyrrole nitrogens is 1. The first-order valence-corrected chi connectivity index (χ1v) is 11.0. The van der Waals surface area contributed by atoms with E-state index in [0.717, 1.165) is 6.42 Å². The molecular formula is C20H26N2O5S. The van der Waals surface area contributed by atoms with E-state index in [2.05, 4.69) is 5.10 Å². The van der Waals surface area contributed by atoms with Gasteiger partial charge in [-0.25, -0.2) is 8.42 Å². The van der Waals surface area contributed by atoms with Crippen molar-refractivity contribution in [2.75, 3.05) is 12.4 Å². The molecule has 0 fully saturated rings. The van der Waals surface area contributed by atoms with Crippen molar-refractivity contribution in [3.63, 3.8) is 0 Å². The van der Waals surface area contributed by atoms with E-state index in [1.165, 1.54) is 17.9 Å². The summed E-state index contributed by atoms with van der Waals surface area (Å²) in [4.78, 5) is 25.5. The molecule has 2 aromatic rings. The molecule has 0 radical (unpaired) electrons. The lowest BCUT2D eigenvalue weighted by Crippen LogP contribution is -2.32.